The highest BCUT2D eigenvalue weighted by molar-refractivity contribution is 7.15. The number of carbonyl (C=O) groups excluding carboxylic acids is 1. The van der Waals surface area contributed by atoms with Crippen molar-refractivity contribution in [3.63, 3.8) is 0 Å². The second-order valence-corrected chi connectivity index (χ2v) is 7.21. The second kappa shape index (κ2) is 6.68. The van der Waals surface area contributed by atoms with Gasteiger partial charge in [0.15, 0.2) is 0 Å². The van der Waals surface area contributed by atoms with Crippen molar-refractivity contribution in [3.8, 4) is 0 Å². The number of carbonyl (C=O) groups is 1. The minimum Gasteiger partial charge on any atom is -0.307 e. The molecule has 0 atom stereocenters. The van der Waals surface area contributed by atoms with Crippen LogP contribution in [0.4, 0.5) is 5.13 Å². The number of hydrogen-bond donors (Lipinski definition) is 1. The summed E-state index contributed by atoms with van der Waals surface area (Å²) < 4.78 is 1.91. The zero-order chi connectivity index (χ0) is 16.4. The van der Waals surface area contributed by atoms with E-state index in [1.807, 2.05) is 35.0 Å². The maximum absolute atomic E-state index is 12.2. The third-order valence-electron chi connectivity index (χ3n) is 4.40. The van der Waals surface area contributed by atoms with Crippen LogP contribution in [0.1, 0.15) is 48.7 Å². The summed E-state index contributed by atoms with van der Waals surface area (Å²) in [4.78, 5) is 16.7. The molecule has 3 aromatic heterocycles. The Hall–Kier alpha value is -2.28. The number of imidazole rings is 1. The highest BCUT2D eigenvalue weighted by Gasteiger charge is 2.20. The molecule has 1 aliphatic rings. The van der Waals surface area contributed by atoms with Gasteiger partial charge in [0.25, 0.3) is 0 Å². The van der Waals surface area contributed by atoms with Gasteiger partial charge in [0.1, 0.15) is 10.7 Å². The molecule has 1 amide bonds. The molecule has 3 aromatic rings. The third-order valence-corrected chi connectivity index (χ3v) is 5.40. The number of aromatic nitrogens is 4. The van der Waals surface area contributed by atoms with Crippen molar-refractivity contribution < 1.29 is 4.79 Å². The Labute approximate surface area is 143 Å². The van der Waals surface area contributed by atoms with Crippen LogP contribution in [0.2, 0.25) is 0 Å². The summed E-state index contributed by atoms with van der Waals surface area (Å²) >= 11 is 1.50. The highest BCUT2D eigenvalue weighted by Crippen LogP contribution is 2.35. The predicted molar refractivity (Wildman–Crippen MR) is 93.3 cm³/mol. The average molecular weight is 341 g/mol. The number of rotatable bonds is 4. The van der Waals surface area contributed by atoms with E-state index in [1.54, 1.807) is 0 Å². The first-order chi connectivity index (χ1) is 11.8. The van der Waals surface area contributed by atoms with Crippen molar-refractivity contribution in [3.05, 3.63) is 41.3 Å². The molecule has 1 fully saturated rings. The molecule has 6 nitrogen and oxygen atoms in total. The normalized spacial score (nSPS) is 15.7. The number of nitrogens with one attached hydrogen (secondary N) is 1. The topological polar surface area (TPSA) is 72.2 Å². The van der Waals surface area contributed by atoms with Crippen molar-refractivity contribution in [2.24, 2.45) is 0 Å². The summed E-state index contributed by atoms with van der Waals surface area (Å²) in [5, 5.41) is 12.9. The van der Waals surface area contributed by atoms with E-state index < -0.39 is 0 Å². The molecular weight excluding hydrogens is 322 g/mol. The van der Waals surface area contributed by atoms with Crippen LogP contribution in [0.3, 0.4) is 0 Å². The summed E-state index contributed by atoms with van der Waals surface area (Å²) in [5.41, 5.74) is 1.59. The maximum atomic E-state index is 12.2. The molecule has 0 aromatic carbocycles. The summed E-state index contributed by atoms with van der Waals surface area (Å²) in [7, 11) is 0. The zero-order valence-corrected chi connectivity index (χ0v) is 14.1. The Balaban J connectivity index is 1.39. The van der Waals surface area contributed by atoms with Crippen molar-refractivity contribution >= 4 is 28.0 Å². The molecule has 0 bridgehead atoms. The van der Waals surface area contributed by atoms with Crippen LogP contribution < -0.4 is 5.32 Å². The molecule has 124 valence electrons. The Morgan fingerprint density at radius 2 is 2.12 bits per heavy atom. The van der Waals surface area contributed by atoms with Crippen LogP contribution in [0.25, 0.3) is 5.65 Å². The second-order valence-electron chi connectivity index (χ2n) is 6.20. The SMILES string of the molecule is O=C(Cc1cn2ccccc2n1)Nc1nnc(C2CCCCC2)s1. The maximum Gasteiger partial charge on any atom is 0.232 e. The fraction of sp³-hybridized carbons (Fsp3) is 0.412. The standard InChI is InChI=1S/C17H19N5OS/c23-15(10-13-11-22-9-5-4-8-14(22)18-13)19-17-21-20-16(24-17)12-6-2-1-3-7-12/h4-5,8-9,11-12H,1-3,6-7,10H2,(H,19,21,23). The summed E-state index contributed by atoms with van der Waals surface area (Å²) in [5.74, 6) is 0.407. The lowest BCUT2D eigenvalue weighted by molar-refractivity contribution is -0.115. The van der Waals surface area contributed by atoms with E-state index in [2.05, 4.69) is 20.5 Å². The Kier molecular flexibility index (Phi) is 4.25. The fourth-order valence-electron chi connectivity index (χ4n) is 3.20. The Morgan fingerprint density at radius 3 is 2.96 bits per heavy atom. The lowest BCUT2D eigenvalue weighted by atomic mass is 9.90. The van der Waals surface area contributed by atoms with Crippen LogP contribution in [0.5, 0.6) is 0 Å². The molecule has 1 saturated carbocycles. The van der Waals surface area contributed by atoms with Crippen LogP contribution in [-0.4, -0.2) is 25.5 Å². The van der Waals surface area contributed by atoms with Gasteiger partial charge in [0.05, 0.1) is 12.1 Å². The third kappa shape index (κ3) is 3.31. The zero-order valence-electron chi connectivity index (χ0n) is 13.3. The molecule has 7 heteroatoms. The average Bonchev–Trinajstić information content (AvgIpc) is 3.21. The Bertz CT molecular complexity index is 816. The molecule has 0 spiro atoms. The summed E-state index contributed by atoms with van der Waals surface area (Å²) in [6.07, 6.45) is 10.2. The van der Waals surface area contributed by atoms with Gasteiger partial charge in [0.2, 0.25) is 11.0 Å². The predicted octanol–water partition coefficient (Wildman–Crippen LogP) is 3.41. The molecule has 0 radical (unpaired) electrons. The molecule has 0 saturated heterocycles. The van der Waals surface area contributed by atoms with E-state index in [9.17, 15) is 4.79 Å². The van der Waals surface area contributed by atoms with Gasteiger partial charge in [-0.1, -0.05) is 36.7 Å². The number of pyridine rings is 1. The Morgan fingerprint density at radius 1 is 1.25 bits per heavy atom. The van der Waals surface area contributed by atoms with Crippen molar-refractivity contribution in [2.75, 3.05) is 5.32 Å². The van der Waals surface area contributed by atoms with E-state index in [0.717, 1.165) is 16.3 Å². The first-order valence-electron chi connectivity index (χ1n) is 8.34. The van der Waals surface area contributed by atoms with Crippen molar-refractivity contribution in [1.82, 2.24) is 19.6 Å². The molecule has 4 rings (SSSR count). The number of amides is 1. The minimum absolute atomic E-state index is 0.107. The number of nitrogens with zero attached hydrogens (tertiary/aromatic N) is 4. The van der Waals surface area contributed by atoms with Crippen LogP contribution in [0, 0.1) is 0 Å². The monoisotopic (exact) mass is 341 g/mol. The number of fused-ring (bicyclic) bond motifs is 1. The number of anilines is 1. The van der Waals surface area contributed by atoms with Gasteiger partial charge in [0, 0.05) is 18.3 Å². The molecule has 1 N–H and O–H groups in total. The van der Waals surface area contributed by atoms with Gasteiger partial charge in [-0.3, -0.25) is 4.79 Å². The van der Waals surface area contributed by atoms with Gasteiger partial charge in [-0.15, -0.1) is 10.2 Å². The van der Waals surface area contributed by atoms with Crippen LogP contribution in [0.15, 0.2) is 30.6 Å². The molecule has 3 heterocycles. The lowest BCUT2D eigenvalue weighted by Gasteiger charge is -2.18. The molecule has 0 unspecified atom stereocenters. The van der Waals surface area contributed by atoms with E-state index in [4.69, 9.17) is 0 Å². The summed E-state index contributed by atoms with van der Waals surface area (Å²) in [6, 6.07) is 5.79. The van der Waals surface area contributed by atoms with E-state index in [-0.39, 0.29) is 12.3 Å². The van der Waals surface area contributed by atoms with Crippen molar-refractivity contribution in [1.29, 1.82) is 0 Å². The molecule has 0 aliphatic heterocycles. The van der Waals surface area contributed by atoms with Crippen molar-refractivity contribution in [2.45, 2.75) is 44.4 Å². The fourth-order valence-corrected chi connectivity index (χ4v) is 4.13. The van der Waals surface area contributed by atoms with E-state index in [1.165, 1.54) is 43.4 Å². The molecule has 24 heavy (non-hydrogen) atoms. The van der Waals surface area contributed by atoms with E-state index >= 15 is 0 Å². The first kappa shape index (κ1) is 15.3. The van der Waals surface area contributed by atoms with Gasteiger partial charge in [-0.25, -0.2) is 4.98 Å². The minimum atomic E-state index is -0.107. The summed E-state index contributed by atoms with van der Waals surface area (Å²) in [6.45, 7) is 0. The largest absolute Gasteiger partial charge is 0.307 e. The van der Waals surface area contributed by atoms with Gasteiger partial charge in [-0.2, -0.15) is 0 Å². The molecular formula is C17H19N5OS. The quantitative estimate of drug-likeness (QED) is 0.789. The van der Waals surface area contributed by atoms with Crippen LogP contribution in [-0.2, 0) is 11.2 Å². The van der Waals surface area contributed by atoms with Gasteiger partial charge < -0.3 is 9.72 Å². The first-order valence-corrected chi connectivity index (χ1v) is 9.15. The van der Waals surface area contributed by atoms with E-state index in [0.29, 0.717) is 11.0 Å². The number of hydrogen-bond acceptors (Lipinski definition) is 5. The lowest BCUT2D eigenvalue weighted by Crippen LogP contribution is -2.14. The highest BCUT2D eigenvalue weighted by atomic mass is 32.1. The van der Waals surface area contributed by atoms with Gasteiger partial charge in [-0.05, 0) is 25.0 Å². The van der Waals surface area contributed by atoms with Crippen LogP contribution >= 0.6 is 11.3 Å². The van der Waals surface area contributed by atoms with Gasteiger partial charge >= 0.3 is 0 Å². The molecule has 1 aliphatic carbocycles. The smallest absolute Gasteiger partial charge is 0.232 e.